The standard InChI is InChI=1S/C17H16ClN3O5/c1-10(11-3-6-13(26-2)7-4-11)19-16(22)17(23)20-15-9-12(21(24)25)5-8-14(15)18/h3-10H,1-2H3,(H,19,22)(H,20,23). The Morgan fingerprint density at radius 1 is 1.15 bits per heavy atom. The fourth-order valence-electron chi connectivity index (χ4n) is 2.14. The van der Waals surface area contributed by atoms with Crippen molar-refractivity contribution in [1.29, 1.82) is 0 Å². The van der Waals surface area contributed by atoms with Crippen LogP contribution in [-0.2, 0) is 9.59 Å². The maximum Gasteiger partial charge on any atom is 0.313 e. The zero-order valence-corrected chi connectivity index (χ0v) is 14.7. The minimum atomic E-state index is -0.979. The molecule has 1 unspecified atom stereocenters. The Morgan fingerprint density at radius 3 is 2.38 bits per heavy atom. The number of rotatable bonds is 5. The van der Waals surface area contributed by atoms with Crippen molar-refractivity contribution >= 4 is 34.8 Å². The third-order valence-corrected chi connectivity index (χ3v) is 3.91. The third kappa shape index (κ3) is 4.70. The van der Waals surface area contributed by atoms with Crippen molar-refractivity contribution in [1.82, 2.24) is 5.32 Å². The Bertz CT molecular complexity index is 839. The Labute approximate surface area is 154 Å². The molecule has 2 aromatic rings. The maximum absolute atomic E-state index is 12.1. The zero-order chi connectivity index (χ0) is 19.3. The molecule has 26 heavy (non-hydrogen) atoms. The number of non-ortho nitro benzene ring substituents is 1. The molecule has 0 heterocycles. The van der Waals surface area contributed by atoms with Gasteiger partial charge in [0.05, 0.1) is 28.8 Å². The van der Waals surface area contributed by atoms with E-state index in [4.69, 9.17) is 16.3 Å². The van der Waals surface area contributed by atoms with Gasteiger partial charge in [-0.05, 0) is 30.7 Å². The highest BCUT2D eigenvalue weighted by Gasteiger charge is 2.19. The molecule has 0 aliphatic carbocycles. The summed E-state index contributed by atoms with van der Waals surface area (Å²) in [6.07, 6.45) is 0. The number of benzene rings is 2. The number of anilines is 1. The topological polar surface area (TPSA) is 111 Å². The molecule has 0 spiro atoms. The molecule has 0 saturated heterocycles. The molecule has 2 N–H and O–H groups in total. The van der Waals surface area contributed by atoms with E-state index in [0.29, 0.717) is 5.75 Å². The highest BCUT2D eigenvalue weighted by Crippen LogP contribution is 2.26. The van der Waals surface area contributed by atoms with Crippen LogP contribution in [-0.4, -0.2) is 23.8 Å². The fourth-order valence-corrected chi connectivity index (χ4v) is 2.30. The van der Waals surface area contributed by atoms with Crippen molar-refractivity contribution in [3.63, 3.8) is 0 Å². The molecular weight excluding hydrogens is 362 g/mol. The number of carbonyl (C=O) groups excluding carboxylic acids is 2. The summed E-state index contributed by atoms with van der Waals surface area (Å²) in [5.74, 6) is -1.20. The molecule has 0 saturated carbocycles. The lowest BCUT2D eigenvalue weighted by Gasteiger charge is -2.15. The predicted molar refractivity (Wildman–Crippen MR) is 96.3 cm³/mol. The Kier molecular flexibility index (Phi) is 6.13. The minimum absolute atomic E-state index is 0.0156. The molecule has 136 valence electrons. The molecule has 0 aliphatic heterocycles. The lowest BCUT2D eigenvalue weighted by molar-refractivity contribution is -0.384. The largest absolute Gasteiger partial charge is 0.497 e. The second-order valence-corrected chi connectivity index (χ2v) is 5.75. The monoisotopic (exact) mass is 377 g/mol. The van der Waals surface area contributed by atoms with E-state index in [1.54, 1.807) is 38.3 Å². The maximum atomic E-state index is 12.1. The number of hydrogen-bond donors (Lipinski definition) is 2. The first-order chi connectivity index (χ1) is 12.3. The number of carbonyl (C=O) groups is 2. The van der Waals surface area contributed by atoms with Gasteiger partial charge in [-0.2, -0.15) is 0 Å². The molecule has 2 amide bonds. The van der Waals surface area contributed by atoms with E-state index in [2.05, 4.69) is 10.6 Å². The van der Waals surface area contributed by atoms with Crippen LogP contribution in [0, 0.1) is 10.1 Å². The van der Waals surface area contributed by atoms with Crippen LogP contribution in [0.1, 0.15) is 18.5 Å². The van der Waals surface area contributed by atoms with Crippen LogP contribution < -0.4 is 15.4 Å². The first-order valence-corrected chi connectivity index (χ1v) is 7.89. The van der Waals surface area contributed by atoms with Crippen LogP contribution >= 0.6 is 11.6 Å². The highest BCUT2D eigenvalue weighted by atomic mass is 35.5. The van der Waals surface area contributed by atoms with Crippen LogP contribution in [0.15, 0.2) is 42.5 Å². The zero-order valence-electron chi connectivity index (χ0n) is 14.0. The minimum Gasteiger partial charge on any atom is -0.497 e. The first-order valence-electron chi connectivity index (χ1n) is 7.51. The second kappa shape index (κ2) is 8.30. The van der Waals surface area contributed by atoms with Gasteiger partial charge >= 0.3 is 11.8 Å². The Morgan fingerprint density at radius 2 is 1.81 bits per heavy atom. The van der Waals surface area contributed by atoms with Gasteiger partial charge < -0.3 is 15.4 Å². The number of nitro benzene ring substituents is 1. The number of nitro groups is 1. The number of methoxy groups -OCH3 is 1. The molecule has 0 radical (unpaired) electrons. The summed E-state index contributed by atoms with van der Waals surface area (Å²) < 4.78 is 5.06. The van der Waals surface area contributed by atoms with Gasteiger partial charge in [0.1, 0.15) is 5.75 Å². The van der Waals surface area contributed by atoms with E-state index in [1.807, 2.05) is 0 Å². The van der Waals surface area contributed by atoms with E-state index in [1.165, 1.54) is 12.1 Å². The summed E-state index contributed by atoms with van der Waals surface area (Å²) in [5.41, 5.74) is 0.509. The van der Waals surface area contributed by atoms with Gasteiger partial charge in [0.15, 0.2) is 0 Å². The molecule has 0 bridgehead atoms. The molecule has 9 heteroatoms. The predicted octanol–water partition coefficient (Wildman–Crippen LogP) is 3.07. The second-order valence-electron chi connectivity index (χ2n) is 5.34. The van der Waals surface area contributed by atoms with Gasteiger partial charge in [-0.3, -0.25) is 19.7 Å². The lowest BCUT2D eigenvalue weighted by Crippen LogP contribution is -2.37. The summed E-state index contributed by atoms with van der Waals surface area (Å²) in [5, 5.41) is 15.7. The number of nitrogens with zero attached hydrogens (tertiary/aromatic N) is 1. The molecule has 8 nitrogen and oxygen atoms in total. The van der Waals surface area contributed by atoms with Crippen molar-refractivity contribution in [3.8, 4) is 5.75 Å². The molecule has 0 aromatic heterocycles. The van der Waals surface area contributed by atoms with Gasteiger partial charge in [-0.25, -0.2) is 0 Å². The number of amides is 2. The van der Waals surface area contributed by atoms with Crippen molar-refractivity contribution in [2.24, 2.45) is 0 Å². The van der Waals surface area contributed by atoms with E-state index >= 15 is 0 Å². The third-order valence-electron chi connectivity index (χ3n) is 3.58. The highest BCUT2D eigenvalue weighted by molar-refractivity contribution is 6.41. The molecular formula is C17H16ClN3O5. The molecule has 1 atom stereocenters. The van der Waals surface area contributed by atoms with Crippen LogP contribution in [0.25, 0.3) is 0 Å². The van der Waals surface area contributed by atoms with E-state index in [-0.39, 0.29) is 16.4 Å². The van der Waals surface area contributed by atoms with Gasteiger partial charge in [0, 0.05) is 12.1 Å². The number of halogens is 1. The van der Waals surface area contributed by atoms with E-state index in [9.17, 15) is 19.7 Å². The molecule has 0 aliphatic rings. The fraction of sp³-hybridized carbons (Fsp3) is 0.176. The van der Waals surface area contributed by atoms with Crippen molar-refractivity contribution in [3.05, 3.63) is 63.2 Å². The number of nitrogens with one attached hydrogen (secondary N) is 2. The molecule has 2 aromatic carbocycles. The molecule has 0 fully saturated rings. The first kappa shape index (κ1) is 19.2. The summed E-state index contributed by atoms with van der Waals surface area (Å²) in [4.78, 5) is 34.3. The van der Waals surface area contributed by atoms with Crippen LogP contribution in [0.5, 0.6) is 5.75 Å². The summed E-state index contributed by atoms with van der Waals surface area (Å²) in [7, 11) is 1.55. The van der Waals surface area contributed by atoms with Gasteiger partial charge in [-0.15, -0.1) is 0 Å². The van der Waals surface area contributed by atoms with Crippen molar-refractivity contribution < 1.29 is 19.2 Å². The van der Waals surface area contributed by atoms with E-state index in [0.717, 1.165) is 11.6 Å². The average Bonchev–Trinajstić information content (AvgIpc) is 2.63. The lowest BCUT2D eigenvalue weighted by atomic mass is 10.1. The van der Waals surface area contributed by atoms with E-state index < -0.39 is 22.8 Å². The van der Waals surface area contributed by atoms with Gasteiger partial charge in [-0.1, -0.05) is 23.7 Å². The van der Waals surface area contributed by atoms with Gasteiger partial charge in [0.2, 0.25) is 0 Å². The summed E-state index contributed by atoms with van der Waals surface area (Å²) in [6.45, 7) is 1.72. The van der Waals surface area contributed by atoms with Crippen LogP contribution in [0.3, 0.4) is 0 Å². The van der Waals surface area contributed by atoms with Gasteiger partial charge in [0.25, 0.3) is 5.69 Å². The Hall–Kier alpha value is -3.13. The normalized spacial score (nSPS) is 11.3. The summed E-state index contributed by atoms with van der Waals surface area (Å²) in [6, 6.07) is 10.1. The molecule has 2 rings (SSSR count). The Balaban J connectivity index is 2.04. The van der Waals surface area contributed by atoms with Crippen LogP contribution in [0.4, 0.5) is 11.4 Å². The SMILES string of the molecule is COc1ccc(C(C)NC(=O)C(=O)Nc2cc([N+](=O)[O-])ccc2Cl)cc1. The van der Waals surface area contributed by atoms with Crippen LogP contribution in [0.2, 0.25) is 5.02 Å². The smallest absolute Gasteiger partial charge is 0.313 e. The number of ether oxygens (including phenoxy) is 1. The quantitative estimate of drug-likeness (QED) is 0.472. The van der Waals surface area contributed by atoms with Crippen molar-refractivity contribution in [2.75, 3.05) is 12.4 Å². The summed E-state index contributed by atoms with van der Waals surface area (Å²) >= 11 is 5.90. The number of hydrogen-bond acceptors (Lipinski definition) is 5. The average molecular weight is 378 g/mol. The van der Waals surface area contributed by atoms with Crippen molar-refractivity contribution in [2.45, 2.75) is 13.0 Å².